The van der Waals surface area contributed by atoms with Crippen LogP contribution in [0.25, 0.3) is 0 Å². The van der Waals surface area contributed by atoms with E-state index < -0.39 is 29.8 Å². The van der Waals surface area contributed by atoms with Gasteiger partial charge in [-0.25, -0.2) is 0 Å². The predicted octanol–water partition coefficient (Wildman–Crippen LogP) is 2.29. The van der Waals surface area contributed by atoms with Crippen LogP contribution >= 0.6 is 0 Å². The number of carbonyl (C=O) groups is 1. The summed E-state index contributed by atoms with van der Waals surface area (Å²) in [5.41, 5.74) is -1.53. The number of nitrogens with zero attached hydrogens (tertiary/aromatic N) is 2. The number of halogens is 3. The van der Waals surface area contributed by atoms with Gasteiger partial charge in [0.25, 0.3) is 5.56 Å². The number of likely N-dealkylation sites (N-methyl/N-ethyl adjacent to an activating group) is 1. The highest BCUT2D eigenvalue weighted by Crippen LogP contribution is 2.25. The van der Waals surface area contributed by atoms with Gasteiger partial charge in [0, 0.05) is 12.7 Å². The van der Waals surface area contributed by atoms with Crippen molar-refractivity contribution in [3.05, 3.63) is 70.1 Å². The fourth-order valence-electron chi connectivity index (χ4n) is 2.57. The standard InChI is InChI=1S/C18H20F3N3O2/c1-23(2)15(13-7-4-3-5-8-13)11-22-16(25)12-24-10-6-9-14(17(24)26)18(19,20)21/h3-10,15H,11-12H2,1-2H3,(H,22,25). The quantitative estimate of drug-likeness (QED) is 0.852. The Balaban J connectivity index is 2.06. The van der Waals surface area contributed by atoms with Gasteiger partial charge in [0.05, 0.1) is 6.04 Å². The smallest absolute Gasteiger partial charge is 0.353 e. The van der Waals surface area contributed by atoms with Crippen LogP contribution in [0.1, 0.15) is 17.2 Å². The predicted molar refractivity (Wildman–Crippen MR) is 91.6 cm³/mol. The molecular formula is C18H20F3N3O2. The highest BCUT2D eigenvalue weighted by Gasteiger charge is 2.34. The lowest BCUT2D eigenvalue weighted by molar-refractivity contribution is -0.139. The molecule has 0 saturated heterocycles. The summed E-state index contributed by atoms with van der Waals surface area (Å²) in [6.45, 7) is -0.207. The molecule has 0 bridgehead atoms. The Morgan fingerprint density at radius 3 is 2.38 bits per heavy atom. The van der Waals surface area contributed by atoms with Crippen molar-refractivity contribution in [2.75, 3.05) is 20.6 Å². The lowest BCUT2D eigenvalue weighted by Gasteiger charge is -2.25. The number of hydrogen-bond acceptors (Lipinski definition) is 3. The van der Waals surface area contributed by atoms with Crippen LogP contribution in [0.15, 0.2) is 53.5 Å². The second-order valence-corrected chi connectivity index (χ2v) is 6.05. The van der Waals surface area contributed by atoms with Crippen molar-refractivity contribution in [1.29, 1.82) is 0 Å². The van der Waals surface area contributed by atoms with Crippen LogP contribution in [0.4, 0.5) is 13.2 Å². The third-order valence-corrected chi connectivity index (χ3v) is 3.94. The number of benzene rings is 1. The van der Waals surface area contributed by atoms with Crippen molar-refractivity contribution < 1.29 is 18.0 Å². The van der Waals surface area contributed by atoms with E-state index in [9.17, 15) is 22.8 Å². The van der Waals surface area contributed by atoms with Crippen LogP contribution in [-0.4, -0.2) is 36.0 Å². The molecule has 8 heteroatoms. The van der Waals surface area contributed by atoms with Crippen LogP contribution < -0.4 is 10.9 Å². The molecule has 1 heterocycles. The SMILES string of the molecule is CN(C)C(CNC(=O)Cn1cccc(C(F)(F)F)c1=O)c1ccccc1. The van der Waals surface area contributed by atoms with Crippen molar-refractivity contribution in [2.45, 2.75) is 18.8 Å². The van der Waals surface area contributed by atoms with E-state index in [4.69, 9.17) is 0 Å². The maximum absolute atomic E-state index is 12.8. The molecule has 26 heavy (non-hydrogen) atoms. The Hall–Kier alpha value is -2.61. The third-order valence-electron chi connectivity index (χ3n) is 3.94. The molecule has 0 saturated carbocycles. The number of rotatable bonds is 6. The Morgan fingerprint density at radius 2 is 1.81 bits per heavy atom. The molecule has 5 nitrogen and oxygen atoms in total. The molecular weight excluding hydrogens is 347 g/mol. The number of alkyl halides is 3. The minimum absolute atomic E-state index is 0.0987. The molecule has 140 valence electrons. The van der Waals surface area contributed by atoms with Gasteiger partial charge in [-0.3, -0.25) is 9.59 Å². The van der Waals surface area contributed by atoms with Gasteiger partial charge in [-0.2, -0.15) is 13.2 Å². The first-order valence-electron chi connectivity index (χ1n) is 7.95. The van der Waals surface area contributed by atoms with E-state index >= 15 is 0 Å². The van der Waals surface area contributed by atoms with Gasteiger partial charge >= 0.3 is 6.18 Å². The minimum Gasteiger partial charge on any atom is -0.353 e. The van der Waals surface area contributed by atoms with E-state index in [-0.39, 0.29) is 12.6 Å². The summed E-state index contributed by atoms with van der Waals surface area (Å²) < 4.78 is 39.1. The third kappa shape index (κ3) is 4.95. The monoisotopic (exact) mass is 367 g/mol. The van der Waals surface area contributed by atoms with Crippen molar-refractivity contribution in [2.24, 2.45) is 0 Å². The van der Waals surface area contributed by atoms with E-state index in [0.29, 0.717) is 6.07 Å². The van der Waals surface area contributed by atoms with E-state index in [1.165, 1.54) is 0 Å². The summed E-state index contributed by atoms with van der Waals surface area (Å²) in [6.07, 6.45) is -3.59. The Labute approximate surface area is 149 Å². The Morgan fingerprint density at radius 1 is 1.15 bits per heavy atom. The number of nitrogens with one attached hydrogen (secondary N) is 1. The molecule has 1 aromatic carbocycles. The van der Waals surface area contributed by atoms with E-state index in [0.717, 1.165) is 22.4 Å². The number of carbonyl (C=O) groups excluding carboxylic acids is 1. The van der Waals surface area contributed by atoms with Crippen molar-refractivity contribution in [1.82, 2.24) is 14.8 Å². The number of pyridine rings is 1. The zero-order valence-corrected chi connectivity index (χ0v) is 14.5. The highest BCUT2D eigenvalue weighted by atomic mass is 19.4. The second kappa shape index (κ2) is 8.18. The van der Waals surface area contributed by atoms with Crippen LogP contribution in [0, 0.1) is 0 Å². The Bertz CT molecular complexity index is 801. The average Bonchev–Trinajstić information content (AvgIpc) is 2.56. The average molecular weight is 367 g/mol. The molecule has 0 fully saturated rings. The van der Waals surface area contributed by atoms with Crippen LogP contribution in [0.3, 0.4) is 0 Å². The lowest BCUT2D eigenvalue weighted by atomic mass is 10.1. The molecule has 0 aliphatic rings. The van der Waals surface area contributed by atoms with E-state index in [2.05, 4.69) is 5.32 Å². The molecule has 1 amide bonds. The van der Waals surface area contributed by atoms with Crippen molar-refractivity contribution in [3.8, 4) is 0 Å². The molecule has 0 spiro atoms. The van der Waals surface area contributed by atoms with Gasteiger partial charge in [-0.15, -0.1) is 0 Å². The molecule has 1 N–H and O–H groups in total. The zero-order valence-electron chi connectivity index (χ0n) is 14.5. The molecule has 1 unspecified atom stereocenters. The maximum Gasteiger partial charge on any atom is 0.421 e. The summed E-state index contributed by atoms with van der Waals surface area (Å²) in [7, 11) is 3.72. The highest BCUT2D eigenvalue weighted by molar-refractivity contribution is 5.75. The lowest BCUT2D eigenvalue weighted by Crippen LogP contribution is -2.38. The first-order valence-corrected chi connectivity index (χ1v) is 7.95. The first-order chi connectivity index (χ1) is 12.2. The molecule has 2 aromatic rings. The fourth-order valence-corrected chi connectivity index (χ4v) is 2.57. The van der Waals surface area contributed by atoms with Gasteiger partial charge in [0.15, 0.2) is 0 Å². The zero-order chi connectivity index (χ0) is 19.3. The fraction of sp³-hybridized carbons (Fsp3) is 0.333. The van der Waals surface area contributed by atoms with Gasteiger partial charge in [0.1, 0.15) is 12.1 Å². The van der Waals surface area contributed by atoms with Crippen molar-refractivity contribution >= 4 is 5.91 Å². The molecule has 0 aliphatic carbocycles. The summed E-state index contributed by atoms with van der Waals surface area (Å²) in [5.74, 6) is -0.533. The van der Waals surface area contributed by atoms with Crippen LogP contribution in [-0.2, 0) is 17.5 Å². The van der Waals surface area contributed by atoms with Gasteiger partial charge < -0.3 is 14.8 Å². The normalized spacial score (nSPS) is 12.8. The summed E-state index contributed by atoms with van der Waals surface area (Å²) in [5, 5.41) is 2.67. The molecule has 1 atom stereocenters. The number of amides is 1. The topological polar surface area (TPSA) is 54.3 Å². The maximum atomic E-state index is 12.8. The van der Waals surface area contributed by atoms with E-state index in [1.54, 1.807) is 0 Å². The number of aromatic nitrogens is 1. The van der Waals surface area contributed by atoms with Gasteiger partial charge in [-0.1, -0.05) is 30.3 Å². The summed E-state index contributed by atoms with van der Waals surface area (Å²) in [4.78, 5) is 25.9. The summed E-state index contributed by atoms with van der Waals surface area (Å²) in [6, 6.07) is 11.2. The summed E-state index contributed by atoms with van der Waals surface area (Å²) >= 11 is 0. The second-order valence-electron chi connectivity index (χ2n) is 6.05. The van der Waals surface area contributed by atoms with Crippen LogP contribution in [0.2, 0.25) is 0 Å². The molecule has 0 aliphatic heterocycles. The molecule has 0 radical (unpaired) electrons. The minimum atomic E-state index is -4.75. The Kier molecular flexibility index (Phi) is 6.20. The van der Waals surface area contributed by atoms with Crippen LogP contribution in [0.5, 0.6) is 0 Å². The van der Waals surface area contributed by atoms with Gasteiger partial charge in [0.2, 0.25) is 5.91 Å². The largest absolute Gasteiger partial charge is 0.421 e. The molecule has 1 aromatic heterocycles. The molecule has 2 rings (SSSR count). The first kappa shape index (κ1) is 19.7. The van der Waals surface area contributed by atoms with Crippen molar-refractivity contribution in [3.63, 3.8) is 0 Å². The van der Waals surface area contributed by atoms with E-state index in [1.807, 2.05) is 49.3 Å². The van der Waals surface area contributed by atoms with Gasteiger partial charge in [-0.05, 0) is 31.8 Å². The number of hydrogen-bond donors (Lipinski definition) is 1.